The van der Waals surface area contributed by atoms with E-state index in [0.717, 1.165) is 11.0 Å². The van der Waals surface area contributed by atoms with Gasteiger partial charge in [0.15, 0.2) is 0 Å². The molecule has 11 heavy (non-hydrogen) atoms. The van der Waals surface area contributed by atoms with Crippen molar-refractivity contribution in [2.75, 3.05) is 0 Å². The van der Waals surface area contributed by atoms with Crippen molar-refractivity contribution in [3.8, 4) is 0 Å². The van der Waals surface area contributed by atoms with Crippen LogP contribution in [0.4, 0.5) is 0 Å². The number of nitrogens with one attached hydrogen (secondary N) is 2. The highest BCUT2D eigenvalue weighted by molar-refractivity contribution is 5.75. The maximum absolute atomic E-state index is 3.91. The molecule has 2 heterocycles. The van der Waals surface area contributed by atoms with E-state index in [1.54, 1.807) is 0 Å². The zero-order chi connectivity index (χ0) is 7.84. The van der Waals surface area contributed by atoms with Gasteiger partial charge in [-0.2, -0.15) is 5.10 Å². The van der Waals surface area contributed by atoms with Crippen molar-refractivity contribution in [3.05, 3.63) is 18.0 Å². The van der Waals surface area contributed by atoms with Gasteiger partial charge in [-0.25, -0.2) is 0 Å². The Morgan fingerprint density at radius 1 is 1.45 bits per heavy atom. The molecule has 2 N–H and O–H groups in total. The molecule has 0 spiro atoms. The number of H-pyrrole nitrogens is 2. The normalized spacial score (nSPS) is 11.5. The van der Waals surface area contributed by atoms with Gasteiger partial charge in [0.2, 0.25) is 0 Å². The molecule has 2 aromatic rings. The molecule has 0 aliphatic carbocycles. The molecular formula is C8H11N3. The summed E-state index contributed by atoms with van der Waals surface area (Å²) in [7, 11) is 0. The molecule has 0 saturated heterocycles. The smallest absolute Gasteiger partial charge is 0.133 e. The van der Waals surface area contributed by atoms with E-state index in [0.29, 0.717) is 5.92 Å². The van der Waals surface area contributed by atoms with Crippen LogP contribution in [0.5, 0.6) is 0 Å². The van der Waals surface area contributed by atoms with E-state index in [2.05, 4.69) is 35.1 Å². The minimum atomic E-state index is 0.552. The quantitative estimate of drug-likeness (QED) is 0.640. The van der Waals surface area contributed by atoms with Crippen molar-refractivity contribution >= 4 is 11.0 Å². The van der Waals surface area contributed by atoms with Gasteiger partial charge in [0.1, 0.15) is 5.65 Å². The summed E-state index contributed by atoms with van der Waals surface area (Å²) < 4.78 is 0. The average Bonchev–Trinajstić information content (AvgIpc) is 2.40. The lowest BCUT2D eigenvalue weighted by Gasteiger charge is -1.97. The first-order valence-corrected chi connectivity index (χ1v) is 3.79. The van der Waals surface area contributed by atoms with Crippen molar-refractivity contribution in [1.29, 1.82) is 0 Å². The molecule has 0 bridgehead atoms. The summed E-state index contributed by atoms with van der Waals surface area (Å²) in [6, 6.07) is 2.13. The number of aromatic amines is 2. The number of hydrogen-bond acceptors (Lipinski definition) is 1. The Bertz CT molecular complexity index is 327. The molecule has 0 unspecified atom stereocenters. The highest BCUT2D eigenvalue weighted by Crippen LogP contribution is 2.18. The summed E-state index contributed by atoms with van der Waals surface area (Å²) in [6.07, 6.45) is 1.83. The van der Waals surface area contributed by atoms with E-state index < -0.39 is 0 Å². The third kappa shape index (κ3) is 0.926. The van der Waals surface area contributed by atoms with E-state index in [1.165, 1.54) is 5.69 Å². The standard InChI is InChI=1S/C8H11N3/c1-5(2)7-3-6-4-9-11-8(6)10-7/h3-5H,1-2H3,(H2,9,10,11). The lowest BCUT2D eigenvalue weighted by atomic mass is 10.1. The van der Waals surface area contributed by atoms with Gasteiger partial charge in [-0.3, -0.25) is 5.10 Å². The minimum absolute atomic E-state index is 0.552. The Hall–Kier alpha value is -1.25. The first-order valence-electron chi connectivity index (χ1n) is 3.79. The van der Waals surface area contributed by atoms with Crippen molar-refractivity contribution in [2.24, 2.45) is 0 Å². The number of nitrogens with zero attached hydrogens (tertiary/aromatic N) is 1. The summed E-state index contributed by atoms with van der Waals surface area (Å²) in [5, 5.41) is 7.96. The van der Waals surface area contributed by atoms with Crippen LogP contribution in [0, 0.1) is 0 Å². The SMILES string of the molecule is CC(C)c1cc2cn[nH]c2[nH]1. The molecular weight excluding hydrogens is 138 g/mol. The van der Waals surface area contributed by atoms with Crippen LogP contribution < -0.4 is 0 Å². The molecule has 0 radical (unpaired) electrons. The molecule has 3 nitrogen and oxygen atoms in total. The Kier molecular flexibility index (Phi) is 1.24. The molecule has 0 amide bonds. The molecule has 0 saturated carbocycles. The van der Waals surface area contributed by atoms with Gasteiger partial charge in [0, 0.05) is 11.1 Å². The lowest BCUT2D eigenvalue weighted by molar-refractivity contribution is 0.833. The van der Waals surface area contributed by atoms with Crippen LogP contribution in [-0.2, 0) is 0 Å². The van der Waals surface area contributed by atoms with Crippen molar-refractivity contribution in [2.45, 2.75) is 19.8 Å². The predicted octanol–water partition coefficient (Wildman–Crippen LogP) is 2.01. The number of hydrogen-bond donors (Lipinski definition) is 2. The minimum Gasteiger partial charge on any atom is -0.343 e. The summed E-state index contributed by atoms with van der Waals surface area (Å²) in [5.41, 5.74) is 2.28. The molecule has 2 rings (SSSR count). The Balaban J connectivity index is 2.58. The Morgan fingerprint density at radius 2 is 2.27 bits per heavy atom. The fourth-order valence-electron chi connectivity index (χ4n) is 1.16. The second kappa shape index (κ2) is 2.12. The fraction of sp³-hybridized carbons (Fsp3) is 0.375. The van der Waals surface area contributed by atoms with E-state index in [1.807, 2.05) is 6.20 Å². The first-order chi connectivity index (χ1) is 5.27. The van der Waals surface area contributed by atoms with Crippen LogP contribution >= 0.6 is 0 Å². The topological polar surface area (TPSA) is 44.5 Å². The molecule has 0 atom stereocenters. The molecule has 2 aromatic heterocycles. The number of rotatable bonds is 1. The van der Waals surface area contributed by atoms with Gasteiger partial charge >= 0.3 is 0 Å². The van der Waals surface area contributed by atoms with E-state index in [-0.39, 0.29) is 0 Å². The molecule has 0 aliphatic rings. The molecule has 0 aromatic carbocycles. The van der Waals surface area contributed by atoms with Gasteiger partial charge in [-0.15, -0.1) is 0 Å². The van der Waals surface area contributed by atoms with Gasteiger partial charge in [-0.05, 0) is 12.0 Å². The van der Waals surface area contributed by atoms with Crippen molar-refractivity contribution in [1.82, 2.24) is 15.2 Å². The molecule has 58 valence electrons. The second-order valence-corrected chi connectivity index (χ2v) is 3.08. The van der Waals surface area contributed by atoms with Gasteiger partial charge in [0.25, 0.3) is 0 Å². The third-order valence-corrected chi connectivity index (χ3v) is 1.87. The highest BCUT2D eigenvalue weighted by atomic mass is 15.1. The van der Waals surface area contributed by atoms with Crippen LogP contribution in [0.3, 0.4) is 0 Å². The number of fused-ring (bicyclic) bond motifs is 1. The average molecular weight is 149 g/mol. The fourth-order valence-corrected chi connectivity index (χ4v) is 1.16. The predicted molar refractivity (Wildman–Crippen MR) is 44.5 cm³/mol. The van der Waals surface area contributed by atoms with E-state index >= 15 is 0 Å². The summed E-state index contributed by atoms with van der Waals surface area (Å²) in [4.78, 5) is 3.26. The van der Waals surface area contributed by atoms with Crippen LogP contribution in [0.15, 0.2) is 12.3 Å². The highest BCUT2D eigenvalue weighted by Gasteiger charge is 2.04. The maximum atomic E-state index is 3.91. The number of aromatic nitrogens is 3. The van der Waals surface area contributed by atoms with Crippen LogP contribution in [-0.4, -0.2) is 15.2 Å². The van der Waals surface area contributed by atoms with Gasteiger partial charge in [-0.1, -0.05) is 13.8 Å². The third-order valence-electron chi connectivity index (χ3n) is 1.87. The monoisotopic (exact) mass is 149 g/mol. The van der Waals surface area contributed by atoms with E-state index in [4.69, 9.17) is 0 Å². The Labute approximate surface area is 64.8 Å². The van der Waals surface area contributed by atoms with Crippen LogP contribution in [0.1, 0.15) is 25.5 Å². The van der Waals surface area contributed by atoms with E-state index in [9.17, 15) is 0 Å². The first kappa shape index (κ1) is 6.46. The van der Waals surface area contributed by atoms with Crippen LogP contribution in [0.25, 0.3) is 11.0 Å². The van der Waals surface area contributed by atoms with Crippen molar-refractivity contribution in [3.63, 3.8) is 0 Å². The summed E-state index contributed by atoms with van der Waals surface area (Å²) >= 11 is 0. The zero-order valence-electron chi connectivity index (χ0n) is 6.68. The van der Waals surface area contributed by atoms with Crippen molar-refractivity contribution < 1.29 is 0 Å². The van der Waals surface area contributed by atoms with Gasteiger partial charge < -0.3 is 4.98 Å². The van der Waals surface area contributed by atoms with Gasteiger partial charge in [0.05, 0.1) is 6.20 Å². The summed E-state index contributed by atoms with van der Waals surface area (Å²) in [5.74, 6) is 0.552. The molecule has 3 heteroatoms. The molecule has 0 aliphatic heterocycles. The largest absolute Gasteiger partial charge is 0.343 e. The zero-order valence-corrected chi connectivity index (χ0v) is 6.68. The summed E-state index contributed by atoms with van der Waals surface area (Å²) in [6.45, 7) is 4.33. The Morgan fingerprint density at radius 3 is 2.91 bits per heavy atom. The lowest BCUT2D eigenvalue weighted by Crippen LogP contribution is -1.85. The molecule has 0 fully saturated rings. The second-order valence-electron chi connectivity index (χ2n) is 3.08. The van der Waals surface area contributed by atoms with Crippen LogP contribution in [0.2, 0.25) is 0 Å². The maximum Gasteiger partial charge on any atom is 0.133 e.